The molecule has 0 aromatic heterocycles. The van der Waals surface area contributed by atoms with Gasteiger partial charge in [-0.25, -0.2) is 0 Å². The number of benzene rings is 1. The fourth-order valence-electron chi connectivity index (χ4n) is 2.47. The number of nitrogens with one attached hydrogen (secondary N) is 1. The molecule has 1 aliphatic rings. The molecule has 1 aromatic carbocycles. The maximum absolute atomic E-state index is 11.6. The lowest BCUT2D eigenvalue weighted by Crippen LogP contribution is -2.30. The smallest absolute Gasteiger partial charge is 0.325 e. The zero-order valence-electron chi connectivity index (χ0n) is 12.2. The summed E-state index contributed by atoms with van der Waals surface area (Å²) in [5.74, 6) is -0.194. The Morgan fingerprint density at radius 1 is 1.25 bits per heavy atom. The Bertz CT molecular complexity index is 428. The first-order chi connectivity index (χ1) is 9.81. The minimum Gasteiger partial charge on any atom is -0.464 e. The molecule has 0 aliphatic carbocycles. The second-order valence-electron chi connectivity index (χ2n) is 5.14. The number of rotatable bonds is 6. The lowest BCUT2D eigenvalue weighted by molar-refractivity contribution is -0.141. The largest absolute Gasteiger partial charge is 0.464 e. The van der Waals surface area contributed by atoms with E-state index in [0.29, 0.717) is 6.61 Å². The number of carbonyl (C=O) groups is 1. The van der Waals surface area contributed by atoms with Gasteiger partial charge in [0.25, 0.3) is 0 Å². The van der Waals surface area contributed by atoms with Crippen LogP contribution >= 0.6 is 0 Å². The molecular formula is C16H24N2O2. The van der Waals surface area contributed by atoms with E-state index in [-0.39, 0.29) is 12.5 Å². The van der Waals surface area contributed by atoms with Crippen LogP contribution in [0.2, 0.25) is 0 Å². The molecule has 0 atom stereocenters. The van der Waals surface area contributed by atoms with Gasteiger partial charge in [-0.15, -0.1) is 0 Å². The van der Waals surface area contributed by atoms with Crippen molar-refractivity contribution in [3.8, 4) is 0 Å². The minimum atomic E-state index is -0.194. The molecule has 0 unspecified atom stereocenters. The molecule has 2 rings (SSSR count). The van der Waals surface area contributed by atoms with Gasteiger partial charge in [-0.3, -0.25) is 4.79 Å². The van der Waals surface area contributed by atoms with Crippen molar-refractivity contribution >= 4 is 17.3 Å². The number of anilines is 2. The van der Waals surface area contributed by atoms with Crippen LogP contribution in [0.15, 0.2) is 24.3 Å². The van der Waals surface area contributed by atoms with Crippen molar-refractivity contribution in [3.05, 3.63) is 24.3 Å². The molecule has 1 N–H and O–H groups in total. The molecule has 4 heteroatoms. The number of hydrogen-bond donors (Lipinski definition) is 1. The third kappa shape index (κ3) is 4.15. The predicted octanol–water partition coefficient (Wildman–Crippen LogP) is 3.04. The molecule has 1 aromatic rings. The second-order valence-corrected chi connectivity index (χ2v) is 5.14. The van der Waals surface area contributed by atoms with E-state index in [4.69, 9.17) is 4.74 Å². The Balaban J connectivity index is 1.95. The van der Waals surface area contributed by atoms with E-state index in [2.05, 4.69) is 16.3 Å². The zero-order valence-corrected chi connectivity index (χ0v) is 12.2. The molecule has 0 amide bonds. The molecule has 0 radical (unpaired) electrons. The van der Waals surface area contributed by atoms with E-state index in [9.17, 15) is 4.79 Å². The molecule has 110 valence electrons. The van der Waals surface area contributed by atoms with Crippen molar-refractivity contribution in [2.75, 3.05) is 36.5 Å². The van der Waals surface area contributed by atoms with Gasteiger partial charge in [0, 0.05) is 13.1 Å². The van der Waals surface area contributed by atoms with Crippen molar-refractivity contribution < 1.29 is 9.53 Å². The Labute approximate surface area is 121 Å². The average molecular weight is 276 g/mol. The summed E-state index contributed by atoms with van der Waals surface area (Å²) >= 11 is 0. The first kappa shape index (κ1) is 14.7. The number of ether oxygens (including phenoxy) is 1. The fourth-order valence-corrected chi connectivity index (χ4v) is 2.47. The van der Waals surface area contributed by atoms with Gasteiger partial charge in [-0.05, 0) is 37.8 Å². The molecule has 1 aliphatic heterocycles. The standard InChI is InChI=1S/C16H24N2O2/c1-2-12-20-16(19)13-17-14-8-4-5-9-15(14)18-10-6-3-7-11-18/h4-5,8-9,17H,2-3,6-7,10-13H2,1H3. The Morgan fingerprint density at radius 2 is 2.00 bits per heavy atom. The summed E-state index contributed by atoms with van der Waals surface area (Å²) in [6.45, 7) is 4.91. The van der Waals surface area contributed by atoms with E-state index in [1.165, 1.54) is 24.9 Å². The van der Waals surface area contributed by atoms with Gasteiger partial charge in [0.1, 0.15) is 6.54 Å². The van der Waals surface area contributed by atoms with Gasteiger partial charge in [-0.2, -0.15) is 0 Å². The summed E-state index contributed by atoms with van der Waals surface area (Å²) in [4.78, 5) is 14.0. The number of nitrogens with zero attached hydrogens (tertiary/aromatic N) is 1. The van der Waals surface area contributed by atoms with Crippen LogP contribution in [0.4, 0.5) is 11.4 Å². The molecule has 20 heavy (non-hydrogen) atoms. The van der Waals surface area contributed by atoms with Gasteiger partial charge in [0.2, 0.25) is 0 Å². The molecular weight excluding hydrogens is 252 g/mol. The summed E-state index contributed by atoms with van der Waals surface area (Å²) in [5.41, 5.74) is 2.21. The molecule has 1 fully saturated rings. The number of para-hydroxylation sites is 2. The lowest BCUT2D eigenvalue weighted by atomic mass is 10.1. The van der Waals surface area contributed by atoms with Gasteiger partial charge < -0.3 is 15.0 Å². The van der Waals surface area contributed by atoms with Crippen molar-refractivity contribution in [1.29, 1.82) is 0 Å². The number of carbonyl (C=O) groups excluding carboxylic acids is 1. The summed E-state index contributed by atoms with van der Waals surface area (Å²) in [5, 5.41) is 3.20. The first-order valence-corrected chi connectivity index (χ1v) is 7.54. The summed E-state index contributed by atoms with van der Waals surface area (Å²) in [6.07, 6.45) is 4.66. The molecule has 1 heterocycles. The average Bonchev–Trinajstić information content (AvgIpc) is 2.52. The highest BCUT2D eigenvalue weighted by molar-refractivity contribution is 5.78. The molecule has 0 bridgehead atoms. The number of piperidine rings is 1. The van der Waals surface area contributed by atoms with Crippen LogP contribution in [0.3, 0.4) is 0 Å². The maximum atomic E-state index is 11.6. The normalized spacial score (nSPS) is 14.9. The van der Waals surface area contributed by atoms with E-state index in [1.807, 2.05) is 25.1 Å². The van der Waals surface area contributed by atoms with Gasteiger partial charge >= 0.3 is 5.97 Å². The molecule has 0 spiro atoms. The van der Waals surface area contributed by atoms with Crippen LogP contribution in [0, 0.1) is 0 Å². The van der Waals surface area contributed by atoms with E-state index in [1.54, 1.807) is 0 Å². The maximum Gasteiger partial charge on any atom is 0.325 e. The van der Waals surface area contributed by atoms with Crippen LogP contribution in [-0.4, -0.2) is 32.2 Å². The van der Waals surface area contributed by atoms with Crippen LogP contribution in [-0.2, 0) is 9.53 Å². The van der Waals surface area contributed by atoms with Crippen molar-refractivity contribution in [3.63, 3.8) is 0 Å². The van der Waals surface area contributed by atoms with Crippen molar-refractivity contribution in [2.45, 2.75) is 32.6 Å². The van der Waals surface area contributed by atoms with E-state index < -0.39 is 0 Å². The molecule has 1 saturated heterocycles. The lowest BCUT2D eigenvalue weighted by Gasteiger charge is -2.30. The highest BCUT2D eigenvalue weighted by atomic mass is 16.5. The Hall–Kier alpha value is -1.71. The first-order valence-electron chi connectivity index (χ1n) is 7.54. The predicted molar refractivity (Wildman–Crippen MR) is 82.2 cm³/mol. The topological polar surface area (TPSA) is 41.6 Å². The van der Waals surface area contributed by atoms with Crippen LogP contribution in [0.25, 0.3) is 0 Å². The van der Waals surface area contributed by atoms with Gasteiger partial charge in [-0.1, -0.05) is 19.1 Å². The SMILES string of the molecule is CCCOC(=O)CNc1ccccc1N1CCCCC1. The number of esters is 1. The van der Waals surface area contributed by atoms with E-state index >= 15 is 0 Å². The van der Waals surface area contributed by atoms with Crippen LogP contribution < -0.4 is 10.2 Å². The highest BCUT2D eigenvalue weighted by Gasteiger charge is 2.14. The summed E-state index contributed by atoms with van der Waals surface area (Å²) in [6, 6.07) is 8.18. The molecule has 0 saturated carbocycles. The van der Waals surface area contributed by atoms with Crippen LogP contribution in [0.1, 0.15) is 32.6 Å². The molecule has 4 nitrogen and oxygen atoms in total. The highest BCUT2D eigenvalue weighted by Crippen LogP contribution is 2.27. The zero-order chi connectivity index (χ0) is 14.2. The van der Waals surface area contributed by atoms with Gasteiger partial charge in [0.15, 0.2) is 0 Å². The second kappa shape index (κ2) is 7.78. The monoisotopic (exact) mass is 276 g/mol. The number of hydrogen-bond acceptors (Lipinski definition) is 4. The fraction of sp³-hybridized carbons (Fsp3) is 0.562. The Kier molecular flexibility index (Phi) is 5.71. The van der Waals surface area contributed by atoms with Crippen molar-refractivity contribution in [1.82, 2.24) is 0 Å². The third-order valence-corrected chi connectivity index (χ3v) is 3.49. The van der Waals surface area contributed by atoms with Gasteiger partial charge in [0.05, 0.1) is 18.0 Å². The summed E-state index contributed by atoms with van der Waals surface area (Å²) < 4.78 is 5.08. The third-order valence-electron chi connectivity index (χ3n) is 3.49. The summed E-state index contributed by atoms with van der Waals surface area (Å²) in [7, 11) is 0. The van der Waals surface area contributed by atoms with Crippen LogP contribution in [0.5, 0.6) is 0 Å². The minimum absolute atomic E-state index is 0.194. The van der Waals surface area contributed by atoms with E-state index in [0.717, 1.165) is 25.2 Å². The quantitative estimate of drug-likeness (QED) is 0.811. The van der Waals surface area contributed by atoms with Crippen molar-refractivity contribution in [2.24, 2.45) is 0 Å². The Morgan fingerprint density at radius 3 is 2.75 bits per heavy atom.